The second kappa shape index (κ2) is 6.97. The van der Waals surface area contributed by atoms with E-state index in [2.05, 4.69) is 10.1 Å². The number of carbonyl (C=O) groups is 1. The lowest BCUT2D eigenvalue weighted by Crippen LogP contribution is -2.35. The lowest BCUT2D eigenvalue weighted by molar-refractivity contribution is -0.274. The zero-order chi connectivity index (χ0) is 16.2. The number of benzene rings is 1. The van der Waals surface area contributed by atoms with Gasteiger partial charge < -0.3 is 20.5 Å². The molecule has 1 heterocycles. The van der Waals surface area contributed by atoms with Gasteiger partial charge in [0.15, 0.2) is 0 Å². The Hall–Kier alpha value is -1.80. The molecule has 1 aromatic carbocycles. The van der Waals surface area contributed by atoms with Crippen molar-refractivity contribution in [2.45, 2.75) is 38.0 Å². The summed E-state index contributed by atoms with van der Waals surface area (Å²) >= 11 is 0. The average Bonchev–Trinajstić information content (AvgIpc) is 2.93. The van der Waals surface area contributed by atoms with Gasteiger partial charge >= 0.3 is 6.36 Å². The van der Waals surface area contributed by atoms with Crippen molar-refractivity contribution in [3.63, 3.8) is 0 Å². The molecule has 122 valence electrons. The number of nitrogens with one attached hydrogen (secondary N) is 1. The van der Waals surface area contributed by atoms with E-state index in [9.17, 15) is 18.0 Å². The first kappa shape index (κ1) is 16.6. The van der Waals surface area contributed by atoms with E-state index in [1.807, 2.05) is 0 Å². The van der Waals surface area contributed by atoms with Crippen molar-refractivity contribution in [2.75, 3.05) is 6.54 Å². The summed E-state index contributed by atoms with van der Waals surface area (Å²) in [6.07, 6.45) is -4.28. The Morgan fingerprint density at radius 2 is 2.09 bits per heavy atom. The first-order valence-corrected chi connectivity index (χ1v) is 6.86. The van der Waals surface area contributed by atoms with Crippen LogP contribution in [-0.2, 0) is 16.1 Å². The summed E-state index contributed by atoms with van der Waals surface area (Å²) in [5.74, 6) is -0.694. The molecule has 1 saturated heterocycles. The molecule has 0 radical (unpaired) electrons. The molecule has 0 aromatic heterocycles. The number of carbonyl (C=O) groups excluding carboxylic acids is 1. The molecule has 22 heavy (non-hydrogen) atoms. The number of para-hydroxylation sites is 1. The molecule has 0 spiro atoms. The van der Waals surface area contributed by atoms with Crippen LogP contribution in [0.1, 0.15) is 18.4 Å². The Morgan fingerprint density at radius 3 is 2.73 bits per heavy atom. The van der Waals surface area contributed by atoms with E-state index in [1.54, 1.807) is 6.07 Å². The van der Waals surface area contributed by atoms with Gasteiger partial charge in [-0.05, 0) is 18.9 Å². The SMILES string of the molecule is NC[C@H]1CC[C@@H](C(=O)NCc2ccccc2OC(F)(F)F)O1. The monoisotopic (exact) mass is 318 g/mol. The third-order valence-corrected chi connectivity index (χ3v) is 3.31. The maximum Gasteiger partial charge on any atom is 0.573 e. The molecule has 0 bridgehead atoms. The molecule has 1 amide bonds. The van der Waals surface area contributed by atoms with Crippen LogP contribution in [0.25, 0.3) is 0 Å². The van der Waals surface area contributed by atoms with Gasteiger partial charge in [0.05, 0.1) is 6.10 Å². The number of amides is 1. The average molecular weight is 318 g/mol. The smallest absolute Gasteiger partial charge is 0.405 e. The first-order valence-electron chi connectivity index (χ1n) is 6.86. The van der Waals surface area contributed by atoms with Gasteiger partial charge in [-0.2, -0.15) is 0 Å². The Bertz CT molecular complexity index is 522. The summed E-state index contributed by atoms with van der Waals surface area (Å²) in [5.41, 5.74) is 5.70. The highest BCUT2D eigenvalue weighted by atomic mass is 19.4. The fraction of sp³-hybridized carbons (Fsp3) is 0.500. The molecule has 3 N–H and O–H groups in total. The largest absolute Gasteiger partial charge is 0.573 e. The maximum atomic E-state index is 12.3. The third-order valence-electron chi connectivity index (χ3n) is 3.31. The number of rotatable bonds is 5. The molecule has 1 aromatic rings. The number of hydrogen-bond donors (Lipinski definition) is 2. The second-order valence-corrected chi connectivity index (χ2v) is 4.93. The molecule has 1 fully saturated rings. The number of nitrogens with two attached hydrogens (primary N) is 1. The summed E-state index contributed by atoms with van der Waals surface area (Å²) in [5, 5.41) is 2.56. The van der Waals surface area contributed by atoms with Crippen molar-refractivity contribution < 1.29 is 27.4 Å². The first-order chi connectivity index (χ1) is 10.4. The van der Waals surface area contributed by atoms with Crippen LogP contribution in [0, 0.1) is 0 Å². The number of hydrogen-bond acceptors (Lipinski definition) is 4. The maximum absolute atomic E-state index is 12.3. The predicted octanol–water partition coefficient (Wildman–Crippen LogP) is 1.71. The molecule has 1 aliphatic rings. The summed E-state index contributed by atoms with van der Waals surface area (Å²) < 4.78 is 46.3. The molecule has 2 rings (SSSR count). The van der Waals surface area contributed by atoms with Crippen LogP contribution >= 0.6 is 0 Å². The van der Waals surface area contributed by atoms with E-state index < -0.39 is 12.5 Å². The Labute approximate surface area is 125 Å². The lowest BCUT2D eigenvalue weighted by atomic mass is 10.1. The molecule has 8 heteroatoms. The van der Waals surface area contributed by atoms with Gasteiger partial charge in [-0.1, -0.05) is 18.2 Å². The topological polar surface area (TPSA) is 73.6 Å². The summed E-state index contributed by atoms with van der Waals surface area (Å²) in [6, 6.07) is 5.66. The molecule has 0 aliphatic carbocycles. The molecular weight excluding hydrogens is 301 g/mol. The normalized spacial score (nSPS) is 21.6. The van der Waals surface area contributed by atoms with Crippen LogP contribution in [0.4, 0.5) is 13.2 Å². The molecule has 2 atom stereocenters. The zero-order valence-corrected chi connectivity index (χ0v) is 11.7. The Morgan fingerprint density at radius 1 is 1.36 bits per heavy atom. The predicted molar refractivity (Wildman–Crippen MR) is 71.9 cm³/mol. The molecular formula is C14H17F3N2O3. The summed E-state index contributed by atoms with van der Waals surface area (Å²) in [7, 11) is 0. The van der Waals surface area contributed by atoms with Gasteiger partial charge in [0.2, 0.25) is 5.91 Å². The van der Waals surface area contributed by atoms with E-state index in [1.165, 1.54) is 18.2 Å². The van der Waals surface area contributed by atoms with Gasteiger partial charge in [0.25, 0.3) is 0 Å². The van der Waals surface area contributed by atoms with Crippen molar-refractivity contribution in [3.8, 4) is 5.75 Å². The van der Waals surface area contributed by atoms with Gasteiger partial charge in [0, 0.05) is 18.7 Å². The fourth-order valence-corrected chi connectivity index (χ4v) is 2.24. The molecule has 1 aliphatic heterocycles. The quantitative estimate of drug-likeness (QED) is 0.867. The van der Waals surface area contributed by atoms with Crippen LogP contribution in [0.2, 0.25) is 0 Å². The van der Waals surface area contributed by atoms with E-state index in [-0.39, 0.29) is 29.9 Å². The van der Waals surface area contributed by atoms with Crippen molar-refractivity contribution in [1.82, 2.24) is 5.32 Å². The van der Waals surface area contributed by atoms with Crippen LogP contribution in [0.3, 0.4) is 0 Å². The van der Waals surface area contributed by atoms with Crippen molar-refractivity contribution in [1.29, 1.82) is 0 Å². The van der Waals surface area contributed by atoms with Crippen molar-refractivity contribution in [3.05, 3.63) is 29.8 Å². The Balaban J connectivity index is 1.93. The van der Waals surface area contributed by atoms with Gasteiger partial charge in [-0.15, -0.1) is 13.2 Å². The highest BCUT2D eigenvalue weighted by Gasteiger charge is 2.32. The molecule has 0 saturated carbocycles. The van der Waals surface area contributed by atoms with E-state index in [0.717, 1.165) is 0 Å². The van der Waals surface area contributed by atoms with Crippen LogP contribution < -0.4 is 15.8 Å². The van der Waals surface area contributed by atoms with E-state index in [4.69, 9.17) is 10.5 Å². The summed E-state index contributed by atoms with van der Waals surface area (Å²) in [6.45, 7) is 0.268. The van der Waals surface area contributed by atoms with Gasteiger partial charge in [-0.3, -0.25) is 4.79 Å². The fourth-order valence-electron chi connectivity index (χ4n) is 2.24. The van der Waals surface area contributed by atoms with Crippen LogP contribution in [0.5, 0.6) is 5.75 Å². The minimum Gasteiger partial charge on any atom is -0.405 e. The lowest BCUT2D eigenvalue weighted by Gasteiger charge is -2.15. The van der Waals surface area contributed by atoms with E-state index >= 15 is 0 Å². The number of ether oxygens (including phenoxy) is 2. The minimum absolute atomic E-state index is 0.0712. The highest BCUT2D eigenvalue weighted by Crippen LogP contribution is 2.26. The van der Waals surface area contributed by atoms with Gasteiger partial charge in [0.1, 0.15) is 11.9 Å². The third kappa shape index (κ3) is 4.60. The Kier molecular flexibility index (Phi) is 5.25. The van der Waals surface area contributed by atoms with E-state index in [0.29, 0.717) is 19.4 Å². The second-order valence-electron chi connectivity index (χ2n) is 4.93. The van der Waals surface area contributed by atoms with Crippen LogP contribution in [-0.4, -0.2) is 31.0 Å². The number of alkyl halides is 3. The summed E-state index contributed by atoms with van der Waals surface area (Å²) in [4.78, 5) is 11.9. The van der Waals surface area contributed by atoms with Crippen molar-refractivity contribution >= 4 is 5.91 Å². The van der Waals surface area contributed by atoms with Crippen molar-refractivity contribution in [2.24, 2.45) is 5.73 Å². The van der Waals surface area contributed by atoms with Crippen LogP contribution in [0.15, 0.2) is 24.3 Å². The standard InChI is InChI=1S/C14H17F3N2O3/c15-14(16,17)22-11-4-2-1-3-9(11)8-19-13(20)12-6-5-10(7-18)21-12/h1-4,10,12H,5-8,18H2,(H,19,20)/t10-,12+/m1/s1. The zero-order valence-electron chi connectivity index (χ0n) is 11.7. The highest BCUT2D eigenvalue weighted by molar-refractivity contribution is 5.81. The van der Waals surface area contributed by atoms with Gasteiger partial charge in [-0.25, -0.2) is 0 Å². The molecule has 5 nitrogen and oxygen atoms in total. The number of halogens is 3. The minimum atomic E-state index is -4.77. The molecule has 0 unspecified atom stereocenters.